The summed E-state index contributed by atoms with van der Waals surface area (Å²) in [5.41, 5.74) is 5.23. The smallest absolute Gasteiger partial charge is 0.189 e. The number of rotatable bonds is 6. The van der Waals surface area contributed by atoms with Crippen molar-refractivity contribution in [1.82, 2.24) is 10.4 Å². The maximum Gasteiger partial charge on any atom is 0.189 e. The summed E-state index contributed by atoms with van der Waals surface area (Å²) in [6, 6.07) is 9.45. The van der Waals surface area contributed by atoms with Crippen molar-refractivity contribution < 1.29 is 17.2 Å². The number of hydrazine groups is 1. The van der Waals surface area contributed by atoms with Gasteiger partial charge in [-0.25, -0.2) is 27.6 Å². The van der Waals surface area contributed by atoms with E-state index >= 15 is 0 Å². The van der Waals surface area contributed by atoms with Gasteiger partial charge in [0.1, 0.15) is 22.7 Å². The lowest BCUT2D eigenvalue weighted by atomic mass is 10.0. The highest BCUT2D eigenvalue weighted by molar-refractivity contribution is 7.92. The standard InChI is InChI=1S/C22H21Cl2F2N3O2S/c1-22(2,3)29-28-20-11-16(18(24)12-27-20)21(17-10-14(25)6-9-19(17)26)32(30,31)15-7-4-13(23)5-8-15/h4-12,21,29H,1-3H3,(H,27,28). The maximum absolute atomic E-state index is 14.8. The van der Waals surface area contributed by atoms with Gasteiger partial charge in [0.05, 0.1) is 9.92 Å². The zero-order valence-corrected chi connectivity index (χ0v) is 19.8. The number of hydrogen-bond donors (Lipinski definition) is 2. The fraction of sp³-hybridized carbons (Fsp3) is 0.227. The molecule has 3 rings (SSSR count). The first-order valence-corrected chi connectivity index (χ1v) is 11.8. The van der Waals surface area contributed by atoms with E-state index < -0.39 is 26.7 Å². The van der Waals surface area contributed by atoms with Crippen LogP contribution in [0.25, 0.3) is 0 Å². The van der Waals surface area contributed by atoms with Gasteiger partial charge in [0, 0.05) is 22.3 Å². The van der Waals surface area contributed by atoms with Gasteiger partial charge in [0.15, 0.2) is 9.84 Å². The van der Waals surface area contributed by atoms with Gasteiger partial charge in [0.25, 0.3) is 0 Å². The van der Waals surface area contributed by atoms with Crippen molar-refractivity contribution in [2.75, 3.05) is 5.43 Å². The van der Waals surface area contributed by atoms with Crippen molar-refractivity contribution in [3.8, 4) is 0 Å². The Balaban J connectivity index is 2.22. The van der Waals surface area contributed by atoms with Crippen molar-refractivity contribution in [2.24, 2.45) is 0 Å². The maximum atomic E-state index is 14.8. The topological polar surface area (TPSA) is 71.1 Å². The van der Waals surface area contributed by atoms with Crippen molar-refractivity contribution in [2.45, 2.75) is 36.5 Å². The van der Waals surface area contributed by atoms with E-state index in [1.54, 1.807) is 0 Å². The number of aromatic nitrogens is 1. The summed E-state index contributed by atoms with van der Waals surface area (Å²) in [4.78, 5) is 4.02. The van der Waals surface area contributed by atoms with Crippen LogP contribution in [0.2, 0.25) is 10.0 Å². The van der Waals surface area contributed by atoms with Crippen LogP contribution in [-0.4, -0.2) is 18.9 Å². The minimum absolute atomic E-state index is 0.0162. The van der Waals surface area contributed by atoms with Gasteiger partial charge in [-0.15, -0.1) is 0 Å². The normalized spacial score (nSPS) is 13.1. The highest BCUT2D eigenvalue weighted by Gasteiger charge is 2.35. The van der Waals surface area contributed by atoms with Crippen LogP contribution in [0.4, 0.5) is 14.6 Å². The molecule has 0 saturated carbocycles. The molecule has 2 aromatic carbocycles. The summed E-state index contributed by atoms with van der Waals surface area (Å²) in [6.45, 7) is 5.73. The lowest BCUT2D eigenvalue weighted by Crippen LogP contribution is -2.40. The van der Waals surface area contributed by atoms with Crippen LogP contribution in [0.15, 0.2) is 59.6 Å². The number of nitrogens with zero attached hydrogens (tertiary/aromatic N) is 1. The van der Waals surface area contributed by atoms with Gasteiger partial charge in [-0.2, -0.15) is 0 Å². The molecule has 0 aliphatic carbocycles. The van der Waals surface area contributed by atoms with E-state index in [9.17, 15) is 17.2 Å². The summed E-state index contributed by atoms with van der Waals surface area (Å²) in [7, 11) is -4.27. The second kappa shape index (κ2) is 9.31. The lowest BCUT2D eigenvalue weighted by molar-refractivity contribution is 0.464. The third-order valence-corrected chi connectivity index (χ3v) is 7.05. The third-order valence-electron chi connectivity index (χ3n) is 4.43. The van der Waals surface area contributed by atoms with E-state index in [0.717, 1.165) is 18.2 Å². The molecule has 0 aliphatic rings. The fourth-order valence-electron chi connectivity index (χ4n) is 2.95. The Morgan fingerprint density at radius 1 is 0.969 bits per heavy atom. The fourth-order valence-corrected chi connectivity index (χ4v) is 5.19. The molecule has 0 radical (unpaired) electrons. The van der Waals surface area contributed by atoms with Crippen molar-refractivity contribution in [3.05, 3.63) is 87.5 Å². The number of anilines is 1. The summed E-state index contributed by atoms with van der Waals surface area (Å²) in [6.07, 6.45) is 1.26. The number of benzene rings is 2. The SMILES string of the molecule is CC(C)(C)NNc1cc(C(c2cc(F)ccc2F)S(=O)(=O)c2ccc(Cl)cc2)c(Cl)cn1. The second-order valence-electron chi connectivity index (χ2n) is 8.14. The molecular weight excluding hydrogens is 479 g/mol. The number of nitrogens with one attached hydrogen (secondary N) is 2. The monoisotopic (exact) mass is 499 g/mol. The largest absolute Gasteiger partial charge is 0.305 e. The Hall–Kier alpha value is -2.26. The molecule has 0 bridgehead atoms. The molecule has 32 heavy (non-hydrogen) atoms. The molecule has 3 aromatic rings. The predicted molar refractivity (Wildman–Crippen MR) is 123 cm³/mol. The third kappa shape index (κ3) is 5.56. The zero-order valence-electron chi connectivity index (χ0n) is 17.5. The highest BCUT2D eigenvalue weighted by Crippen LogP contribution is 2.40. The molecule has 1 heterocycles. The highest BCUT2D eigenvalue weighted by atomic mass is 35.5. The number of sulfone groups is 1. The molecule has 0 amide bonds. The summed E-state index contributed by atoms with van der Waals surface area (Å²) in [5.74, 6) is -1.41. The van der Waals surface area contributed by atoms with E-state index in [2.05, 4.69) is 15.8 Å². The van der Waals surface area contributed by atoms with Crippen LogP contribution < -0.4 is 10.9 Å². The second-order valence-corrected chi connectivity index (χ2v) is 11.0. The molecule has 0 aliphatic heterocycles. The van der Waals surface area contributed by atoms with Gasteiger partial charge in [-0.3, -0.25) is 0 Å². The molecule has 0 fully saturated rings. The van der Waals surface area contributed by atoms with E-state index in [-0.39, 0.29) is 32.4 Å². The van der Waals surface area contributed by atoms with Gasteiger partial charge >= 0.3 is 0 Å². The minimum atomic E-state index is -4.27. The van der Waals surface area contributed by atoms with E-state index in [0.29, 0.717) is 5.02 Å². The van der Waals surface area contributed by atoms with E-state index in [4.69, 9.17) is 23.2 Å². The molecule has 5 nitrogen and oxygen atoms in total. The van der Waals surface area contributed by atoms with Crippen molar-refractivity contribution >= 4 is 38.9 Å². The molecule has 1 aromatic heterocycles. The summed E-state index contributed by atoms with van der Waals surface area (Å²) in [5, 5.41) is -1.32. The van der Waals surface area contributed by atoms with Crippen molar-refractivity contribution in [1.29, 1.82) is 0 Å². The quantitative estimate of drug-likeness (QED) is 0.410. The summed E-state index contributed by atoms with van der Waals surface area (Å²) < 4.78 is 56.1. The first-order valence-electron chi connectivity index (χ1n) is 9.51. The van der Waals surface area contributed by atoms with Gasteiger partial charge in [-0.1, -0.05) is 23.2 Å². The molecule has 1 atom stereocenters. The molecule has 10 heteroatoms. The van der Waals surface area contributed by atoms with Crippen LogP contribution in [0.1, 0.15) is 37.1 Å². The van der Waals surface area contributed by atoms with Crippen LogP contribution in [0.5, 0.6) is 0 Å². The molecule has 0 spiro atoms. The Bertz CT molecular complexity index is 1230. The van der Waals surface area contributed by atoms with Gasteiger partial charge in [0.2, 0.25) is 0 Å². The van der Waals surface area contributed by atoms with Crippen LogP contribution in [0, 0.1) is 11.6 Å². The van der Waals surface area contributed by atoms with E-state index in [1.807, 2.05) is 20.8 Å². The molecule has 170 valence electrons. The molecule has 0 saturated heterocycles. The Morgan fingerprint density at radius 2 is 1.62 bits per heavy atom. The molecular formula is C22H21Cl2F2N3O2S. The first-order chi connectivity index (χ1) is 14.9. The van der Waals surface area contributed by atoms with Crippen molar-refractivity contribution in [3.63, 3.8) is 0 Å². The number of halogens is 4. The number of hydrogen-bond acceptors (Lipinski definition) is 5. The zero-order chi connectivity index (χ0) is 23.7. The van der Waals surface area contributed by atoms with Gasteiger partial charge in [-0.05, 0) is 74.9 Å². The van der Waals surface area contributed by atoms with Crippen LogP contribution in [-0.2, 0) is 9.84 Å². The minimum Gasteiger partial charge on any atom is -0.305 e. The number of pyridine rings is 1. The van der Waals surface area contributed by atoms with Crippen LogP contribution in [0.3, 0.4) is 0 Å². The first kappa shape index (κ1) is 24.4. The Labute approximate surface area is 195 Å². The average molecular weight is 500 g/mol. The Morgan fingerprint density at radius 3 is 2.25 bits per heavy atom. The molecule has 1 unspecified atom stereocenters. The molecule has 2 N–H and O–H groups in total. The van der Waals surface area contributed by atoms with Gasteiger partial charge < -0.3 is 5.43 Å². The Kier molecular flexibility index (Phi) is 7.09. The lowest BCUT2D eigenvalue weighted by Gasteiger charge is -2.23. The van der Waals surface area contributed by atoms with Crippen LogP contribution >= 0.6 is 23.2 Å². The van der Waals surface area contributed by atoms with E-state index in [1.165, 1.54) is 36.5 Å². The average Bonchev–Trinajstić information content (AvgIpc) is 2.70. The summed E-state index contributed by atoms with van der Waals surface area (Å²) >= 11 is 12.2. The predicted octanol–water partition coefficient (Wildman–Crippen LogP) is 5.94.